The van der Waals surface area contributed by atoms with Crippen LogP contribution in [0.3, 0.4) is 0 Å². The number of benzene rings is 3. The molecule has 0 aliphatic carbocycles. The second kappa shape index (κ2) is 10.7. The number of ether oxygens (including phenoxy) is 2. The summed E-state index contributed by atoms with van der Waals surface area (Å²) in [5, 5.41) is 12.4. The summed E-state index contributed by atoms with van der Waals surface area (Å²) in [6, 6.07) is 19.6. The van der Waals surface area contributed by atoms with Crippen LogP contribution in [0.5, 0.6) is 0 Å². The number of rotatable bonds is 5. The number of aliphatic hydroxyl groups is 1. The molecule has 1 atom stereocenters. The zero-order valence-electron chi connectivity index (χ0n) is 23.8. The van der Waals surface area contributed by atoms with Crippen LogP contribution in [0.15, 0.2) is 60.7 Å². The van der Waals surface area contributed by atoms with E-state index in [-0.39, 0.29) is 25.0 Å². The summed E-state index contributed by atoms with van der Waals surface area (Å²) in [7, 11) is 2.02. The molecule has 1 unspecified atom stereocenters. The zero-order chi connectivity index (χ0) is 28.5. The summed E-state index contributed by atoms with van der Waals surface area (Å²) in [5.74, 6) is -0.270. The Hall–Kier alpha value is -3.84. The van der Waals surface area contributed by atoms with Crippen LogP contribution in [0.4, 0.5) is 16.2 Å². The number of hydrogen-bond donors (Lipinski definition) is 2. The van der Waals surface area contributed by atoms with Gasteiger partial charge >= 0.3 is 12.1 Å². The Morgan fingerprint density at radius 2 is 1.46 bits per heavy atom. The van der Waals surface area contributed by atoms with Gasteiger partial charge in [-0.15, -0.1) is 0 Å². The molecule has 7 heteroatoms. The number of carbonyl (C=O) groups excluding carboxylic acids is 2. The van der Waals surface area contributed by atoms with Crippen LogP contribution >= 0.6 is 0 Å². The van der Waals surface area contributed by atoms with Gasteiger partial charge in [-0.3, -0.25) is 10.1 Å². The van der Waals surface area contributed by atoms with Crippen LogP contribution in [0.1, 0.15) is 69.8 Å². The summed E-state index contributed by atoms with van der Waals surface area (Å²) < 4.78 is 11.0. The van der Waals surface area contributed by atoms with E-state index in [0.717, 1.165) is 39.1 Å². The highest BCUT2D eigenvalue weighted by atomic mass is 16.6. The number of esters is 1. The van der Waals surface area contributed by atoms with Crippen molar-refractivity contribution in [1.29, 1.82) is 0 Å². The van der Waals surface area contributed by atoms with Gasteiger partial charge in [0.05, 0.1) is 19.1 Å². The van der Waals surface area contributed by atoms with Gasteiger partial charge in [0.1, 0.15) is 11.2 Å². The van der Waals surface area contributed by atoms with Gasteiger partial charge in [0.2, 0.25) is 0 Å². The van der Waals surface area contributed by atoms with Crippen LogP contribution in [0, 0.1) is 0 Å². The summed E-state index contributed by atoms with van der Waals surface area (Å²) in [5.41, 5.74) is 6.33. The minimum Gasteiger partial charge on any atom is -0.460 e. The van der Waals surface area contributed by atoms with Gasteiger partial charge in [-0.1, -0.05) is 48.5 Å². The first kappa shape index (κ1) is 28.2. The SMILES string of the molecule is CN1c2cc(NC(=O)OC(C)(C)C)ccc2-c2ccc(CC(=O)OC(C)(C)C)cc2C1c1ccc(CO)cc1. The molecule has 1 aliphatic rings. The molecule has 0 fully saturated rings. The van der Waals surface area contributed by atoms with Crippen molar-refractivity contribution in [2.24, 2.45) is 0 Å². The van der Waals surface area contributed by atoms with Crippen molar-refractivity contribution in [3.63, 3.8) is 0 Å². The largest absolute Gasteiger partial charge is 0.460 e. The fourth-order valence-corrected chi connectivity index (χ4v) is 4.84. The zero-order valence-corrected chi connectivity index (χ0v) is 23.8. The minimum absolute atomic E-state index is 0.0278. The molecule has 39 heavy (non-hydrogen) atoms. The molecule has 0 aromatic heterocycles. The molecule has 1 aliphatic heterocycles. The molecule has 0 radical (unpaired) electrons. The highest BCUT2D eigenvalue weighted by Gasteiger charge is 2.31. The Morgan fingerprint density at radius 1 is 0.846 bits per heavy atom. The third-order valence-corrected chi connectivity index (χ3v) is 6.36. The van der Waals surface area contributed by atoms with E-state index in [1.54, 1.807) is 0 Å². The van der Waals surface area contributed by atoms with Gasteiger partial charge in [-0.05, 0) is 81.5 Å². The third kappa shape index (κ3) is 6.79. The highest BCUT2D eigenvalue weighted by molar-refractivity contribution is 5.91. The van der Waals surface area contributed by atoms with Gasteiger partial charge in [-0.25, -0.2) is 4.79 Å². The van der Waals surface area contributed by atoms with Gasteiger partial charge in [0, 0.05) is 24.0 Å². The molecular formula is C32H38N2O5. The molecule has 206 valence electrons. The number of fused-ring (bicyclic) bond motifs is 3. The van der Waals surface area contributed by atoms with Gasteiger partial charge in [0.25, 0.3) is 0 Å². The molecule has 2 N–H and O–H groups in total. The second-order valence-electron chi connectivity index (χ2n) is 12.0. The van der Waals surface area contributed by atoms with Gasteiger partial charge in [0.15, 0.2) is 0 Å². The number of nitrogens with one attached hydrogen (secondary N) is 1. The summed E-state index contributed by atoms with van der Waals surface area (Å²) in [4.78, 5) is 27.2. The molecule has 0 saturated heterocycles. The van der Waals surface area contributed by atoms with E-state index in [4.69, 9.17) is 9.47 Å². The lowest BCUT2D eigenvalue weighted by molar-refractivity contribution is -0.153. The molecule has 4 rings (SSSR count). The Balaban J connectivity index is 1.76. The Bertz CT molecular complexity index is 1370. The van der Waals surface area contributed by atoms with E-state index in [9.17, 15) is 14.7 Å². The van der Waals surface area contributed by atoms with Crippen molar-refractivity contribution in [3.8, 4) is 11.1 Å². The predicted octanol–water partition coefficient (Wildman–Crippen LogP) is 6.62. The molecule has 3 aromatic carbocycles. The van der Waals surface area contributed by atoms with Crippen LogP contribution < -0.4 is 10.2 Å². The first-order valence-corrected chi connectivity index (χ1v) is 13.2. The topological polar surface area (TPSA) is 88.1 Å². The van der Waals surface area contributed by atoms with E-state index in [1.807, 2.05) is 97.1 Å². The number of carbonyl (C=O) groups is 2. The van der Waals surface area contributed by atoms with Crippen molar-refractivity contribution in [1.82, 2.24) is 0 Å². The predicted molar refractivity (Wildman–Crippen MR) is 154 cm³/mol. The fourth-order valence-electron chi connectivity index (χ4n) is 4.84. The van der Waals surface area contributed by atoms with Crippen molar-refractivity contribution in [2.75, 3.05) is 17.3 Å². The highest BCUT2D eigenvalue weighted by Crippen LogP contribution is 2.47. The van der Waals surface area contributed by atoms with Crippen LogP contribution in [0.2, 0.25) is 0 Å². The number of nitrogens with zero attached hydrogens (tertiary/aromatic N) is 1. The number of anilines is 2. The van der Waals surface area contributed by atoms with Crippen molar-refractivity contribution < 1.29 is 24.2 Å². The smallest absolute Gasteiger partial charge is 0.412 e. The Kier molecular flexibility index (Phi) is 7.75. The lowest BCUT2D eigenvalue weighted by Crippen LogP contribution is -2.30. The first-order chi connectivity index (χ1) is 18.2. The monoisotopic (exact) mass is 530 g/mol. The molecule has 1 amide bonds. The molecule has 1 heterocycles. The van der Waals surface area contributed by atoms with E-state index < -0.39 is 17.3 Å². The Labute approximate surface area is 230 Å². The second-order valence-corrected chi connectivity index (χ2v) is 12.0. The molecular weight excluding hydrogens is 492 g/mol. The lowest BCUT2D eigenvalue weighted by atomic mass is 9.83. The average Bonchev–Trinajstić information content (AvgIpc) is 2.82. The normalized spacial score (nSPS) is 14.8. The lowest BCUT2D eigenvalue weighted by Gasteiger charge is -2.38. The number of hydrogen-bond acceptors (Lipinski definition) is 6. The maximum atomic E-state index is 12.6. The summed E-state index contributed by atoms with van der Waals surface area (Å²) in [6.45, 7) is 11.0. The van der Waals surface area contributed by atoms with Crippen molar-refractivity contribution in [3.05, 3.63) is 82.9 Å². The molecule has 0 bridgehead atoms. The Morgan fingerprint density at radius 3 is 2.08 bits per heavy atom. The van der Waals surface area contributed by atoms with E-state index in [1.165, 1.54) is 0 Å². The third-order valence-electron chi connectivity index (χ3n) is 6.36. The molecule has 0 saturated carbocycles. The van der Waals surface area contributed by atoms with Crippen LogP contribution in [0.25, 0.3) is 11.1 Å². The molecule has 0 spiro atoms. The van der Waals surface area contributed by atoms with Gasteiger partial charge in [-0.2, -0.15) is 0 Å². The summed E-state index contributed by atoms with van der Waals surface area (Å²) in [6.07, 6.45) is -0.333. The summed E-state index contributed by atoms with van der Waals surface area (Å²) >= 11 is 0. The maximum Gasteiger partial charge on any atom is 0.412 e. The quantitative estimate of drug-likeness (QED) is 0.361. The van der Waals surface area contributed by atoms with E-state index >= 15 is 0 Å². The number of amides is 1. The van der Waals surface area contributed by atoms with E-state index in [2.05, 4.69) is 22.3 Å². The first-order valence-electron chi connectivity index (χ1n) is 13.2. The number of aliphatic hydroxyl groups excluding tert-OH is 1. The average molecular weight is 531 g/mol. The maximum absolute atomic E-state index is 12.6. The van der Waals surface area contributed by atoms with Crippen molar-refractivity contribution in [2.45, 2.75) is 71.8 Å². The molecule has 3 aromatic rings. The van der Waals surface area contributed by atoms with Crippen LogP contribution in [-0.4, -0.2) is 35.4 Å². The standard InChI is InChI=1S/C32H38N2O5/c1-31(2,3)38-28(36)17-21-10-14-24-25-15-13-23(33-30(37)39-32(4,5)6)18-27(25)34(7)29(26(24)16-21)22-11-8-20(19-35)9-12-22/h8-16,18,29,35H,17,19H2,1-7H3,(H,33,37). The fraction of sp³-hybridized carbons (Fsp3) is 0.375. The van der Waals surface area contributed by atoms with Gasteiger partial charge < -0.3 is 19.5 Å². The van der Waals surface area contributed by atoms with Crippen LogP contribution in [-0.2, 0) is 27.3 Å². The van der Waals surface area contributed by atoms with E-state index in [0.29, 0.717) is 5.69 Å². The molecule has 7 nitrogen and oxygen atoms in total. The van der Waals surface area contributed by atoms with Crippen molar-refractivity contribution >= 4 is 23.4 Å². The minimum atomic E-state index is -0.600.